The summed E-state index contributed by atoms with van der Waals surface area (Å²) in [5.41, 5.74) is 0.952. The second kappa shape index (κ2) is 6.91. The first-order valence-electron chi connectivity index (χ1n) is 6.52. The highest BCUT2D eigenvalue weighted by molar-refractivity contribution is 5.95. The summed E-state index contributed by atoms with van der Waals surface area (Å²) in [4.78, 5) is 26.5. The van der Waals surface area contributed by atoms with E-state index in [0.29, 0.717) is 5.56 Å². The van der Waals surface area contributed by atoms with Gasteiger partial charge in [0.2, 0.25) is 0 Å². The van der Waals surface area contributed by atoms with E-state index in [4.69, 9.17) is 0 Å². The molecule has 0 atom stereocenters. The summed E-state index contributed by atoms with van der Waals surface area (Å²) in [5, 5.41) is 4.37. The van der Waals surface area contributed by atoms with Crippen molar-refractivity contribution in [3.05, 3.63) is 59.9 Å². The monoisotopic (exact) mass is 323 g/mol. The number of nitrogens with one attached hydrogen (secondary N) is 2. The second-order valence-electron chi connectivity index (χ2n) is 4.55. The van der Waals surface area contributed by atoms with Crippen molar-refractivity contribution in [3.8, 4) is 0 Å². The molecule has 0 aliphatic carbocycles. The molecule has 0 aliphatic heterocycles. The Hall–Kier alpha value is -2.90. The lowest BCUT2D eigenvalue weighted by Gasteiger charge is -2.09. The smallest absolute Gasteiger partial charge is 0.347 e. The number of rotatable bonds is 4. The van der Waals surface area contributed by atoms with Gasteiger partial charge in [0.1, 0.15) is 5.69 Å². The maximum Gasteiger partial charge on any atom is 0.471 e. The molecule has 2 rings (SSSR count). The predicted octanol–water partition coefficient (Wildman–Crippen LogP) is 2.51. The quantitative estimate of drug-likeness (QED) is 0.908. The summed E-state index contributed by atoms with van der Waals surface area (Å²) in [5.74, 6) is -2.39. The number of hydrogen-bond donors (Lipinski definition) is 2. The van der Waals surface area contributed by atoms with Crippen LogP contribution < -0.4 is 10.6 Å². The molecule has 2 aromatic rings. The Morgan fingerprint density at radius 2 is 1.74 bits per heavy atom. The van der Waals surface area contributed by atoms with E-state index in [2.05, 4.69) is 10.3 Å². The molecule has 0 saturated heterocycles. The fourth-order valence-corrected chi connectivity index (χ4v) is 1.68. The first kappa shape index (κ1) is 16.5. The molecule has 0 saturated carbocycles. The number of aromatic nitrogens is 1. The van der Waals surface area contributed by atoms with Gasteiger partial charge in [-0.25, -0.2) is 0 Å². The molecule has 120 valence electrons. The number of pyridine rings is 1. The van der Waals surface area contributed by atoms with Crippen molar-refractivity contribution in [2.45, 2.75) is 12.7 Å². The molecule has 0 unspecified atom stereocenters. The Morgan fingerprint density at radius 1 is 1.04 bits per heavy atom. The molecule has 0 aliphatic rings. The summed E-state index contributed by atoms with van der Waals surface area (Å²) in [7, 11) is 0. The molecule has 23 heavy (non-hydrogen) atoms. The largest absolute Gasteiger partial charge is 0.471 e. The summed E-state index contributed by atoms with van der Waals surface area (Å²) in [6.07, 6.45) is -3.44. The minimum absolute atomic E-state index is 0.0205. The lowest BCUT2D eigenvalue weighted by molar-refractivity contribution is -0.167. The molecule has 1 aromatic heterocycles. The molecular weight excluding hydrogens is 311 g/mol. The third-order valence-corrected chi connectivity index (χ3v) is 2.82. The Balaban J connectivity index is 1.90. The van der Waals surface area contributed by atoms with Crippen LogP contribution in [0.4, 0.5) is 18.9 Å². The van der Waals surface area contributed by atoms with Gasteiger partial charge < -0.3 is 10.6 Å². The minimum Gasteiger partial charge on any atom is -0.347 e. The highest BCUT2D eigenvalue weighted by Crippen LogP contribution is 2.18. The Kier molecular flexibility index (Phi) is 4.95. The molecule has 0 bridgehead atoms. The average molecular weight is 323 g/mol. The van der Waals surface area contributed by atoms with Gasteiger partial charge in [-0.2, -0.15) is 13.2 Å². The fourth-order valence-electron chi connectivity index (χ4n) is 1.68. The topological polar surface area (TPSA) is 71.1 Å². The van der Waals surface area contributed by atoms with E-state index in [9.17, 15) is 22.8 Å². The minimum atomic E-state index is -4.94. The first-order chi connectivity index (χ1) is 10.9. The van der Waals surface area contributed by atoms with Crippen molar-refractivity contribution in [2.24, 2.45) is 0 Å². The summed E-state index contributed by atoms with van der Waals surface area (Å²) in [6.45, 7) is 0.183. The number of halogens is 3. The summed E-state index contributed by atoms with van der Waals surface area (Å²) in [6, 6.07) is 10.6. The van der Waals surface area contributed by atoms with Crippen LogP contribution in [0.1, 0.15) is 16.1 Å². The normalized spacial score (nSPS) is 10.9. The van der Waals surface area contributed by atoms with Crippen molar-refractivity contribution < 1.29 is 22.8 Å². The molecule has 0 fully saturated rings. The molecule has 5 nitrogen and oxygen atoms in total. The number of anilines is 1. The van der Waals surface area contributed by atoms with Gasteiger partial charge in [0, 0.05) is 18.4 Å². The van der Waals surface area contributed by atoms with Crippen LogP contribution in [0.3, 0.4) is 0 Å². The van der Waals surface area contributed by atoms with Gasteiger partial charge in [0.15, 0.2) is 0 Å². The van der Waals surface area contributed by atoms with Crippen LogP contribution in [-0.4, -0.2) is 23.0 Å². The van der Waals surface area contributed by atoms with Gasteiger partial charge >= 0.3 is 12.1 Å². The molecule has 1 aromatic carbocycles. The van der Waals surface area contributed by atoms with E-state index >= 15 is 0 Å². The average Bonchev–Trinajstić information content (AvgIpc) is 2.54. The lowest BCUT2D eigenvalue weighted by atomic mass is 10.2. The third-order valence-electron chi connectivity index (χ3n) is 2.82. The van der Waals surface area contributed by atoms with Crippen LogP contribution in [-0.2, 0) is 11.3 Å². The van der Waals surface area contributed by atoms with Crippen LogP contribution in [0.5, 0.6) is 0 Å². The molecule has 0 spiro atoms. The third kappa shape index (κ3) is 4.80. The van der Waals surface area contributed by atoms with Crippen LogP contribution >= 0.6 is 0 Å². The van der Waals surface area contributed by atoms with Crippen LogP contribution in [0.2, 0.25) is 0 Å². The Bertz CT molecular complexity index is 685. The van der Waals surface area contributed by atoms with Gasteiger partial charge in [0.25, 0.3) is 5.91 Å². The van der Waals surface area contributed by atoms with Crippen LogP contribution in [0.25, 0.3) is 0 Å². The van der Waals surface area contributed by atoms with Crippen molar-refractivity contribution in [3.63, 3.8) is 0 Å². The number of benzene rings is 1. The van der Waals surface area contributed by atoms with Gasteiger partial charge in [-0.05, 0) is 29.8 Å². The maximum atomic E-state index is 12.1. The van der Waals surface area contributed by atoms with Crippen LogP contribution in [0.15, 0.2) is 48.7 Å². The summed E-state index contributed by atoms with van der Waals surface area (Å²) < 4.78 is 36.4. The zero-order chi connectivity index (χ0) is 16.9. The molecule has 8 heteroatoms. The fraction of sp³-hybridized carbons (Fsp3) is 0.133. The Labute approximate surface area is 129 Å². The van der Waals surface area contributed by atoms with Gasteiger partial charge in [-0.15, -0.1) is 0 Å². The SMILES string of the molecule is O=C(NCc1ccc(NC(=O)C(F)(F)F)cc1)c1ccccn1. The number of alkyl halides is 3. The lowest BCUT2D eigenvalue weighted by Crippen LogP contribution is -2.29. The van der Waals surface area contributed by atoms with E-state index in [1.54, 1.807) is 23.5 Å². The zero-order valence-electron chi connectivity index (χ0n) is 11.7. The molecule has 1 heterocycles. The van der Waals surface area contributed by atoms with E-state index in [1.165, 1.54) is 30.5 Å². The van der Waals surface area contributed by atoms with E-state index in [0.717, 1.165) is 0 Å². The van der Waals surface area contributed by atoms with E-state index < -0.39 is 12.1 Å². The number of hydrogen-bond acceptors (Lipinski definition) is 3. The van der Waals surface area contributed by atoms with Crippen molar-refractivity contribution in [1.29, 1.82) is 0 Å². The highest BCUT2D eigenvalue weighted by atomic mass is 19.4. The molecule has 2 N–H and O–H groups in total. The molecule has 0 radical (unpaired) electrons. The highest BCUT2D eigenvalue weighted by Gasteiger charge is 2.38. The first-order valence-corrected chi connectivity index (χ1v) is 6.52. The number of carbonyl (C=O) groups excluding carboxylic acids is 2. The summed E-state index contributed by atoms with van der Waals surface area (Å²) >= 11 is 0. The standard InChI is InChI=1S/C15H12F3N3O2/c16-15(17,18)14(23)21-11-6-4-10(5-7-11)9-20-13(22)12-3-1-2-8-19-12/h1-8H,9H2,(H,20,22)(H,21,23). The second-order valence-corrected chi connectivity index (χ2v) is 4.55. The number of carbonyl (C=O) groups is 2. The number of amides is 2. The van der Waals surface area contributed by atoms with Gasteiger partial charge in [0.05, 0.1) is 0 Å². The van der Waals surface area contributed by atoms with Crippen LogP contribution in [0, 0.1) is 0 Å². The van der Waals surface area contributed by atoms with Gasteiger partial charge in [-0.3, -0.25) is 14.6 Å². The number of nitrogens with zero attached hydrogens (tertiary/aromatic N) is 1. The van der Waals surface area contributed by atoms with E-state index in [1.807, 2.05) is 0 Å². The van der Waals surface area contributed by atoms with E-state index in [-0.39, 0.29) is 23.8 Å². The van der Waals surface area contributed by atoms with Crippen molar-refractivity contribution in [1.82, 2.24) is 10.3 Å². The zero-order valence-corrected chi connectivity index (χ0v) is 11.7. The molecule has 2 amide bonds. The molecular formula is C15H12F3N3O2. The van der Waals surface area contributed by atoms with Crippen molar-refractivity contribution in [2.75, 3.05) is 5.32 Å². The maximum absolute atomic E-state index is 12.1. The van der Waals surface area contributed by atoms with Gasteiger partial charge in [-0.1, -0.05) is 18.2 Å². The predicted molar refractivity (Wildman–Crippen MR) is 76.5 cm³/mol. The van der Waals surface area contributed by atoms with Crippen molar-refractivity contribution >= 4 is 17.5 Å². The Morgan fingerprint density at radius 3 is 2.30 bits per heavy atom.